The van der Waals surface area contributed by atoms with Crippen molar-refractivity contribution in [2.45, 2.75) is 33.2 Å². The number of nitrogens with zero attached hydrogens (tertiary/aromatic N) is 2. The van der Waals surface area contributed by atoms with Gasteiger partial charge in [0.05, 0.1) is 6.54 Å². The Bertz CT molecular complexity index is 608. The minimum Gasteiger partial charge on any atom is -0.384 e. The highest BCUT2D eigenvalue weighted by molar-refractivity contribution is 7.09. The van der Waals surface area contributed by atoms with E-state index in [1.54, 1.807) is 17.4 Å². The smallest absolute Gasteiger partial charge is 0.254 e. The van der Waals surface area contributed by atoms with Gasteiger partial charge in [0.1, 0.15) is 5.82 Å². The molecule has 2 N–H and O–H groups in total. The van der Waals surface area contributed by atoms with Crippen LogP contribution in [-0.4, -0.2) is 22.3 Å². The number of carbonyl (C=O) groups excluding carboxylic acids is 1. The molecule has 0 unspecified atom stereocenters. The highest BCUT2D eigenvalue weighted by atomic mass is 32.1. The second-order valence-electron chi connectivity index (χ2n) is 5.26. The molecule has 0 atom stereocenters. The van der Waals surface area contributed by atoms with E-state index in [4.69, 9.17) is 5.73 Å². The fourth-order valence-corrected chi connectivity index (χ4v) is 2.81. The zero-order chi connectivity index (χ0) is 15.4. The minimum absolute atomic E-state index is 0.00176. The Balaban J connectivity index is 2.24. The number of aromatic nitrogens is 1. The lowest BCUT2D eigenvalue weighted by Crippen LogP contribution is -2.30. The number of amides is 1. The maximum absolute atomic E-state index is 12.7. The van der Waals surface area contributed by atoms with Crippen LogP contribution in [0.25, 0.3) is 0 Å². The molecule has 4 nitrogen and oxygen atoms in total. The predicted molar refractivity (Wildman–Crippen MR) is 87.5 cm³/mol. The van der Waals surface area contributed by atoms with Gasteiger partial charge in [-0.15, -0.1) is 11.3 Å². The Labute approximate surface area is 129 Å². The van der Waals surface area contributed by atoms with Gasteiger partial charge >= 0.3 is 0 Å². The molecule has 2 aromatic heterocycles. The van der Waals surface area contributed by atoms with Gasteiger partial charge in [0, 0.05) is 22.7 Å². The summed E-state index contributed by atoms with van der Waals surface area (Å²) in [6.07, 6.45) is 0. The van der Waals surface area contributed by atoms with Crippen LogP contribution in [0.2, 0.25) is 0 Å². The van der Waals surface area contributed by atoms with Crippen molar-refractivity contribution < 1.29 is 4.79 Å². The molecule has 5 heteroatoms. The monoisotopic (exact) mass is 303 g/mol. The number of carbonyl (C=O) groups is 1. The van der Waals surface area contributed by atoms with Crippen LogP contribution in [0.15, 0.2) is 29.6 Å². The maximum Gasteiger partial charge on any atom is 0.254 e. The first kappa shape index (κ1) is 15.5. The molecule has 0 radical (unpaired) electrons. The molecule has 21 heavy (non-hydrogen) atoms. The maximum atomic E-state index is 12.7. The third-order valence-corrected chi connectivity index (χ3v) is 4.16. The van der Waals surface area contributed by atoms with Crippen LogP contribution < -0.4 is 5.73 Å². The molecule has 2 heterocycles. The molecule has 0 bridgehead atoms. The molecule has 0 aliphatic carbocycles. The van der Waals surface area contributed by atoms with E-state index in [1.807, 2.05) is 49.3 Å². The van der Waals surface area contributed by atoms with Gasteiger partial charge < -0.3 is 10.6 Å². The van der Waals surface area contributed by atoms with E-state index in [0.717, 1.165) is 5.69 Å². The molecule has 0 aliphatic rings. The van der Waals surface area contributed by atoms with Crippen LogP contribution >= 0.6 is 11.3 Å². The Morgan fingerprint density at radius 2 is 2.19 bits per heavy atom. The number of rotatable bonds is 5. The number of pyridine rings is 1. The van der Waals surface area contributed by atoms with Gasteiger partial charge in [0.25, 0.3) is 5.91 Å². The van der Waals surface area contributed by atoms with Crippen molar-refractivity contribution in [3.63, 3.8) is 0 Å². The van der Waals surface area contributed by atoms with Gasteiger partial charge in [-0.05, 0) is 36.4 Å². The summed E-state index contributed by atoms with van der Waals surface area (Å²) in [5.41, 5.74) is 7.30. The second kappa shape index (κ2) is 6.72. The number of anilines is 1. The quantitative estimate of drug-likeness (QED) is 0.919. The molecule has 0 saturated carbocycles. The lowest BCUT2D eigenvalue weighted by Gasteiger charge is -2.21. The van der Waals surface area contributed by atoms with Gasteiger partial charge in [-0.2, -0.15) is 0 Å². The second-order valence-corrected chi connectivity index (χ2v) is 6.29. The fourth-order valence-electron chi connectivity index (χ4n) is 2.09. The molecule has 2 aromatic rings. The van der Waals surface area contributed by atoms with E-state index in [-0.39, 0.29) is 11.8 Å². The third-order valence-electron chi connectivity index (χ3n) is 3.30. The number of thiophene rings is 1. The first-order chi connectivity index (χ1) is 10.0. The zero-order valence-electron chi connectivity index (χ0n) is 12.7. The van der Waals surface area contributed by atoms with Crippen molar-refractivity contribution in [2.75, 3.05) is 12.3 Å². The van der Waals surface area contributed by atoms with E-state index in [2.05, 4.69) is 4.98 Å². The molecule has 0 aliphatic heterocycles. The summed E-state index contributed by atoms with van der Waals surface area (Å²) in [4.78, 5) is 20.0. The molecule has 112 valence electrons. The molecule has 1 amide bonds. The Hall–Kier alpha value is -1.88. The number of hydrogen-bond donors (Lipinski definition) is 1. The largest absolute Gasteiger partial charge is 0.384 e. The topological polar surface area (TPSA) is 59.2 Å². The number of hydrogen-bond acceptors (Lipinski definition) is 4. The van der Waals surface area contributed by atoms with Crippen LogP contribution in [0.1, 0.15) is 47.6 Å². The lowest BCUT2D eigenvalue weighted by atomic mass is 10.1. The van der Waals surface area contributed by atoms with Crippen LogP contribution in [-0.2, 0) is 6.54 Å². The van der Waals surface area contributed by atoms with Gasteiger partial charge in [0.2, 0.25) is 0 Å². The first-order valence-electron chi connectivity index (χ1n) is 7.10. The van der Waals surface area contributed by atoms with E-state index in [1.165, 1.54) is 4.88 Å². The Kier molecular flexibility index (Phi) is 4.96. The van der Waals surface area contributed by atoms with Crippen molar-refractivity contribution in [3.05, 3.63) is 45.8 Å². The number of nitrogen functional groups attached to an aromatic ring is 1. The zero-order valence-corrected chi connectivity index (χ0v) is 13.5. The van der Waals surface area contributed by atoms with E-state index in [9.17, 15) is 4.79 Å². The van der Waals surface area contributed by atoms with Crippen molar-refractivity contribution in [3.8, 4) is 0 Å². The van der Waals surface area contributed by atoms with E-state index >= 15 is 0 Å². The molecular formula is C16H21N3OS. The van der Waals surface area contributed by atoms with Gasteiger partial charge in [-0.3, -0.25) is 4.79 Å². The van der Waals surface area contributed by atoms with E-state index < -0.39 is 0 Å². The summed E-state index contributed by atoms with van der Waals surface area (Å²) >= 11 is 1.66. The van der Waals surface area contributed by atoms with Crippen LogP contribution in [0.4, 0.5) is 5.82 Å². The van der Waals surface area contributed by atoms with Crippen LogP contribution in [0.3, 0.4) is 0 Å². The summed E-state index contributed by atoms with van der Waals surface area (Å²) in [7, 11) is 0. The highest BCUT2D eigenvalue weighted by Gasteiger charge is 2.17. The van der Waals surface area contributed by atoms with Gasteiger partial charge in [0.15, 0.2) is 0 Å². The summed E-state index contributed by atoms with van der Waals surface area (Å²) in [6.45, 7) is 7.36. The van der Waals surface area contributed by atoms with Crippen molar-refractivity contribution in [1.29, 1.82) is 0 Å². The van der Waals surface area contributed by atoms with Gasteiger partial charge in [-0.1, -0.05) is 19.9 Å². The van der Waals surface area contributed by atoms with Crippen LogP contribution in [0.5, 0.6) is 0 Å². The summed E-state index contributed by atoms with van der Waals surface area (Å²) in [5.74, 6) is 0.644. The Morgan fingerprint density at radius 1 is 1.43 bits per heavy atom. The fraction of sp³-hybridized carbons (Fsp3) is 0.375. The SMILES string of the molecule is CCN(Cc1cccs1)C(=O)c1cc(N)nc(C(C)C)c1. The third kappa shape index (κ3) is 3.82. The molecule has 2 rings (SSSR count). The Morgan fingerprint density at radius 3 is 2.76 bits per heavy atom. The van der Waals surface area contributed by atoms with Crippen molar-refractivity contribution >= 4 is 23.1 Å². The van der Waals surface area contributed by atoms with Crippen LogP contribution in [0, 0.1) is 0 Å². The summed E-state index contributed by atoms with van der Waals surface area (Å²) in [6, 6.07) is 7.55. The van der Waals surface area contributed by atoms with Crippen molar-refractivity contribution in [1.82, 2.24) is 9.88 Å². The molecule has 0 spiro atoms. The summed E-state index contributed by atoms with van der Waals surface area (Å²) < 4.78 is 0. The average molecular weight is 303 g/mol. The van der Waals surface area contributed by atoms with Gasteiger partial charge in [-0.25, -0.2) is 4.98 Å². The first-order valence-corrected chi connectivity index (χ1v) is 7.98. The molecule has 0 saturated heterocycles. The summed E-state index contributed by atoms with van der Waals surface area (Å²) in [5, 5.41) is 2.02. The normalized spacial score (nSPS) is 10.9. The molecular weight excluding hydrogens is 282 g/mol. The number of nitrogens with two attached hydrogens (primary N) is 1. The average Bonchev–Trinajstić information content (AvgIpc) is 2.96. The lowest BCUT2D eigenvalue weighted by molar-refractivity contribution is 0.0754. The molecule has 0 aromatic carbocycles. The predicted octanol–water partition coefficient (Wildman–Crippen LogP) is 3.51. The minimum atomic E-state index is 0.00176. The van der Waals surface area contributed by atoms with Crippen molar-refractivity contribution in [2.24, 2.45) is 0 Å². The molecule has 0 fully saturated rings. The highest BCUT2D eigenvalue weighted by Crippen LogP contribution is 2.19. The van der Waals surface area contributed by atoms with E-state index in [0.29, 0.717) is 24.5 Å². The standard InChI is InChI=1S/C16H21N3OS/c1-4-19(10-13-6-5-7-21-13)16(20)12-8-14(11(2)3)18-15(17)9-12/h5-9,11H,4,10H2,1-3H3,(H2,17,18).